The van der Waals surface area contributed by atoms with Gasteiger partial charge >= 0.3 is 0 Å². The van der Waals surface area contributed by atoms with E-state index in [1.807, 2.05) is 49.5 Å². The zero-order valence-corrected chi connectivity index (χ0v) is 13.7. The van der Waals surface area contributed by atoms with Crippen LogP contribution in [0.15, 0.2) is 36.5 Å². The van der Waals surface area contributed by atoms with Gasteiger partial charge in [0.15, 0.2) is 0 Å². The third-order valence-electron chi connectivity index (χ3n) is 3.84. The second kappa shape index (κ2) is 6.40. The average molecular weight is 318 g/mol. The fraction of sp³-hybridized carbons (Fsp3) is 0.375. The van der Waals surface area contributed by atoms with Gasteiger partial charge in [0.05, 0.1) is 10.7 Å². The lowest BCUT2D eigenvalue weighted by atomic mass is 10.2. The molecule has 0 N–H and O–H groups in total. The van der Waals surface area contributed by atoms with E-state index >= 15 is 0 Å². The number of hydrogen-bond acceptors (Lipinski definition) is 5. The van der Waals surface area contributed by atoms with Crippen molar-refractivity contribution in [2.45, 2.75) is 0 Å². The van der Waals surface area contributed by atoms with Crippen LogP contribution in [0.2, 0.25) is 5.02 Å². The summed E-state index contributed by atoms with van der Waals surface area (Å²) in [6.07, 6.45) is 1.82. The summed E-state index contributed by atoms with van der Waals surface area (Å²) in [4.78, 5) is 15.5. The molecule has 1 aromatic heterocycles. The van der Waals surface area contributed by atoms with Crippen LogP contribution in [0.1, 0.15) is 0 Å². The van der Waals surface area contributed by atoms with Crippen molar-refractivity contribution in [3.05, 3.63) is 41.6 Å². The number of nitrogens with zero attached hydrogens (tertiary/aromatic N) is 5. The minimum Gasteiger partial charge on any atom is -0.367 e. The molecule has 1 aliphatic rings. The lowest BCUT2D eigenvalue weighted by Gasteiger charge is -2.36. The van der Waals surface area contributed by atoms with Crippen LogP contribution in [0.5, 0.6) is 0 Å². The Hall–Kier alpha value is -2.01. The number of anilines is 3. The highest BCUT2D eigenvalue weighted by molar-refractivity contribution is 6.33. The predicted molar refractivity (Wildman–Crippen MR) is 92.2 cm³/mol. The molecule has 0 saturated carbocycles. The molecule has 2 heterocycles. The van der Waals surface area contributed by atoms with Crippen molar-refractivity contribution in [2.75, 3.05) is 55.0 Å². The van der Waals surface area contributed by atoms with Gasteiger partial charge < -0.3 is 14.7 Å². The molecule has 2 aromatic rings. The zero-order valence-electron chi connectivity index (χ0n) is 12.9. The molecule has 0 bridgehead atoms. The van der Waals surface area contributed by atoms with E-state index < -0.39 is 0 Å². The second-order valence-electron chi connectivity index (χ2n) is 5.53. The van der Waals surface area contributed by atoms with Gasteiger partial charge in [0.1, 0.15) is 5.82 Å². The van der Waals surface area contributed by atoms with Crippen molar-refractivity contribution in [1.29, 1.82) is 0 Å². The standard InChI is InChI=1S/C16H20ClN5/c1-20(2)15-7-8-18-16(19-15)22-11-9-21(10-12-22)14-6-4-3-5-13(14)17/h3-8H,9-12H2,1-2H3. The van der Waals surface area contributed by atoms with Gasteiger partial charge in [-0.25, -0.2) is 4.98 Å². The summed E-state index contributed by atoms with van der Waals surface area (Å²) in [5.74, 6) is 1.73. The largest absolute Gasteiger partial charge is 0.367 e. The van der Waals surface area contributed by atoms with Crippen LogP contribution in [0, 0.1) is 0 Å². The van der Waals surface area contributed by atoms with E-state index in [1.165, 1.54) is 0 Å². The number of hydrogen-bond donors (Lipinski definition) is 0. The van der Waals surface area contributed by atoms with Crippen LogP contribution in [-0.4, -0.2) is 50.2 Å². The van der Waals surface area contributed by atoms with Gasteiger partial charge in [-0.3, -0.25) is 0 Å². The lowest BCUT2D eigenvalue weighted by molar-refractivity contribution is 0.640. The average Bonchev–Trinajstić information content (AvgIpc) is 2.56. The highest BCUT2D eigenvalue weighted by Gasteiger charge is 2.20. The van der Waals surface area contributed by atoms with Crippen molar-refractivity contribution in [3.8, 4) is 0 Å². The molecule has 0 spiro atoms. The van der Waals surface area contributed by atoms with Gasteiger partial charge in [0.25, 0.3) is 0 Å². The van der Waals surface area contributed by atoms with Gasteiger partial charge in [-0.2, -0.15) is 4.98 Å². The molecule has 116 valence electrons. The molecule has 3 rings (SSSR count). The lowest BCUT2D eigenvalue weighted by Crippen LogP contribution is -2.47. The van der Waals surface area contributed by atoms with Crippen molar-refractivity contribution in [1.82, 2.24) is 9.97 Å². The zero-order chi connectivity index (χ0) is 15.5. The van der Waals surface area contributed by atoms with Gasteiger partial charge in [0.2, 0.25) is 5.95 Å². The van der Waals surface area contributed by atoms with Crippen LogP contribution >= 0.6 is 11.6 Å². The number of para-hydroxylation sites is 1. The Kier molecular flexibility index (Phi) is 4.34. The minimum absolute atomic E-state index is 0.796. The fourth-order valence-electron chi connectivity index (χ4n) is 2.60. The number of benzene rings is 1. The number of halogens is 1. The van der Waals surface area contributed by atoms with Crippen LogP contribution in [0.3, 0.4) is 0 Å². The summed E-state index contributed by atoms with van der Waals surface area (Å²) in [6.45, 7) is 3.61. The Bertz CT molecular complexity index is 638. The first-order valence-electron chi connectivity index (χ1n) is 7.40. The fourth-order valence-corrected chi connectivity index (χ4v) is 2.85. The maximum Gasteiger partial charge on any atom is 0.227 e. The molecule has 0 amide bonds. The number of piperazine rings is 1. The second-order valence-corrected chi connectivity index (χ2v) is 5.94. The molecule has 0 radical (unpaired) electrons. The first kappa shape index (κ1) is 14.9. The third-order valence-corrected chi connectivity index (χ3v) is 4.16. The molecule has 1 aliphatic heterocycles. The maximum atomic E-state index is 6.28. The molecular weight excluding hydrogens is 298 g/mol. The van der Waals surface area contributed by atoms with E-state index in [9.17, 15) is 0 Å². The van der Waals surface area contributed by atoms with Gasteiger partial charge in [-0.15, -0.1) is 0 Å². The maximum absolute atomic E-state index is 6.28. The highest BCUT2D eigenvalue weighted by atomic mass is 35.5. The molecular formula is C16H20ClN5. The molecule has 1 aromatic carbocycles. The van der Waals surface area contributed by atoms with E-state index in [4.69, 9.17) is 11.6 Å². The summed E-state index contributed by atoms with van der Waals surface area (Å²) in [5.41, 5.74) is 1.10. The van der Waals surface area contributed by atoms with Gasteiger partial charge in [-0.1, -0.05) is 23.7 Å². The van der Waals surface area contributed by atoms with E-state index in [0.29, 0.717) is 0 Å². The van der Waals surface area contributed by atoms with E-state index in [0.717, 1.165) is 48.7 Å². The van der Waals surface area contributed by atoms with Gasteiger partial charge in [0, 0.05) is 46.5 Å². The minimum atomic E-state index is 0.796. The summed E-state index contributed by atoms with van der Waals surface area (Å²) < 4.78 is 0. The molecule has 1 fully saturated rings. The first-order valence-corrected chi connectivity index (χ1v) is 7.78. The monoisotopic (exact) mass is 317 g/mol. The SMILES string of the molecule is CN(C)c1ccnc(N2CCN(c3ccccc3Cl)CC2)n1. The Morgan fingerprint density at radius 2 is 1.68 bits per heavy atom. The van der Waals surface area contributed by atoms with Crippen LogP contribution in [-0.2, 0) is 0 Å². The summed E-state index contributed by atoms with van der Waals surface area (Å²) in [6, 6.07) is 9.91. The molecule has 0 unspecified atom stereocenters. The molecule has 0 aliphatic carbocycles. The van der Waals surface area contributed by atoms with E-state index in [2.05, 4.69) is 25.8 Å². The van der Waals surface area contributed by atoms with Crippen molar-refractivity contribution in [2.24, 2.45) is 0 Å². The summed E-state index contributed by atoms with van der Waals surface area (Å²) >= 11 is 6.28. The number of rotatable bonds is 3. The normalized spacial score (nSPS) is 15.0. The molecule has 1 saturated heterocycles. The molecule has 5 nitrogen and oxygen atoms in total. The Balaban J connectivity index is 1.69. The Labute approximate surface area is 136 Å². The van der Waals surface area contributed by atoms with Crippen molar-refractivity contribution >= 4 is 29.1 Å². The molecule has 0 atom stereocenters. The smallest absolute Gasteiger partial charge is 0.227 e. The van der Waals surface area contributed by atoms with Crippen LogP contribution in [0.4, 0.5) is 17.5 Å². The number of aromatic nitrogens is 2. The predicted octanol–water partition coefficient (Wildman–Crippen LogP) is 2.52. The van der Waals surface area contributed by atoms with E-state index in [-0.39, 0.29) is 0 Å². The van der Waals surface area contributed by atoms with Crippen LogP contribution < -0.4 is 14.7 Å². The topological polar surface area (TPSA) is 35.5 Å². The van der Waals surface area contributed by atoms with Gasteiger partial charge in [-0.05, 0) is 18.2 Å². The summed E-state index contributed by atoms with van der Waals surface area (Å²) in [7, 11) is 3.98. The molecule has 6 heteroatoms. The highest BCUT2D eigenvalue weighted by Crippen LogP contribution is 2.26. The molecule has 22 heavy (non-hydrogen) atoms. The van der Waals surface area contributed by atoms with Crippen molar-refractivity contribution in [3.63, 3.8) is 0 Å². The van der Waals surface area contributed by atoms with Crippen molar-refractivity contribution < 1.29 is 0 Å². The quantitative estimate of drug-likeness (QED) is 0.869. The Morgan fingerprint density at radius 1 is 1.00 bits per heavy atom. The first-order chi connectivity index (χ1) is 10.6. The van der Waals surface area contributed by atoms with Crippen LogP contribution in [0.25, 0.3) is 0 Å². The van der Waals surface area contributed by atoms with E-state index in [1.54, 1.807) is 0 Å². The summed E-state index contributed by atoms with van der Waals surface area (Å²) in [5, 5.41) is 0.807. The Morgan fingerprint density at radius 3 is 2.36 bits per heavy atom. The third kappa shape index (κ3) is 3.09.